The summed E-state index contributed by atoms with van der Waals surface area (Å²) in [7, 11) is -2.98. The topological polar surface area (TPSA) is 96.2 Å². The zero-order valence-electron chi connectivity index (χ0n) is 17.4. The van der Waals surface area contributed by atoms with Crippen molar-refractivity contribution in [1.82, 2.24) is 15.5 Å². The minimum atomic E-state index is -2.98. The lowest BCUT2D eigenvalue weighted by Crippen LogP contribution is -2.40. The van der Waals surface area contributed by atoms with Crippen molar-refractivity contribution in [2.75, 3.05) is 57.9 Å². The Hall–Kier alpha value is -0.850. The maximum Gasteiger partial charge on any atom is 0.191 e. The Labute approximate surface area is 191 Å². The number of halogens is 1. The number of aliphatic imine (C=N–C) groups is 1. The summed E-state index contributed by atoms with van der Waals surface area (Å²) in [5.41, 5.74) is 0. The molecule has 2 heterocycles. The molecule has 0 bridgehead atoms. The predicted octanol–water partition coefficient (Wildman–Crippen LogP) is 2.04. The van der Waals surface area contributed by atoms with Gasteiger partial charge in [0.2, 0.25) is 0 Å². The van der Waals surface area contributed by atoms with Crippen LogP contribution in [0.5, 0.6) is 0 Å². The average molecular weight is 542 g/mol. The Balaban J connectivity index is 0.00000420. The Morgan fingerprint density at radius 2 is 2.03 bits per heavy atom. The van der Waals surface area contributed by atoms with Gasteiger partial charge in [-0.25, -0.2) is 8.42 Å². The minimum absolute atomic E-state index is 0. The highest BCUT2D eigenvalue weighted by atomic mass is 127. The Bertz CT molecular complexity index is 676. The third-order valence-corrected chi connectivity index (χ3v) is 5.52. The van der Waals surface area contributed by atoms with Crippen LogP contribution in [0.1, 0.15) is 38.0 Å². The van der Waals surface area contributed by atoms with Gasteiger partial charge in [0.1, 0.15) is 15.6 Å². The fraction of sp³-hybridized carbons (Fsp3) is 0.737. The third-order valence-electron chi connectivity index (χ3n) is 4.61. The summed E-state index contributed by atoms with van der Waals surface area (Å²) in [6, 6.07) is 4.08. The number of nitrogens with one attached hydrogen (secondary N) is 2. The van der Waals surface area contributed by atoms with Gasteiger partial charge in [0.05, 0.1) is 37.8 Å². The molecule has 29 heavy (non-hydrogen) atoms. The fourth-order valence-corrected chi connectivity index (χ4v) is 3.59. The van der Waals surface area contributed by atoms with E-state index >= 15 is 0 Å². The van der Waals surface area contributed by atoms with E-state index in [1.807, 2.05) is 19.1 Å². The van der Waals surface area contributed by atoms with E-state index in [1.54, 1.807) is 6.26 Å². The van der Waals surface area contributed by atoms with Crippen LogP contribution in [0.3, 0.4) is 0 Å². The fourth-order valence-electron chi connectivity index (χ4n) is 3.17. The first kappa shape index (κ1) is 26.2. The van der Waals surface area contributed by atoms with E-state index in [0.29, 0.717) is 19.7 Å². The van der Waals surface area contributed by atoms with Crippen LogP contribution in [-0.2, 0) is 14.6 Å². The summed E-state index contributed by atoms with van der Waals surface area (Å²) in [6.07, 6.45) is 6.64. The van der Waals surface area contributed by atoms with Crippen LogP contribution in [0, 0.1) is 0 Å². The van der Waals surface area contributed by atoms with Gasteiger partial charge in [0, 0.05) is 19.3 Å². The van der Waals surface area contributed by atoms with Crippen LogP contribution in [0.15, 0.2) is 27.8 Å². The molecule has 2 N–H and O–H groups in total. The van der Waals surface area contributed by atoms with Crippen LogP contribution < -0.4 is 10.6 Å². The lowest BCUT2D eigenvalue weighted by Gasteiger charge is -2.32. The van der Waals surface area contributed by atoms with Gasteiger partial charge < -0.3 is 19.8 Å². The second-order valence-corrected chi connectivity index (χ2v) is 9.28. The second-order valence-electron chi connectivity index (χ2n) is 7.02. The van der Waals surface area contributed by atoms with E-state index in [2.05, 4.69) is 15.5 Å². The number of piperidine rings is 1. The number of furan rings is 1. The van der Waals surface area contributed by atoms with Gasteiger partial charge in [-0.05, 0) is 45.0 Å². The van der Waals surface area contributed by atoms with Gasteiger partial charge >= 0.3 is 0 Å². The standard InChI is InChI=1S/C19H34N4O4S.HI/c1-3-20-19(21-9-13-26-14-15-28(2,24)25)22-16-17(18-8-7-12-27-18)23-10-5-4-6-11-23;/h7-8,12,17H,3-6,9-11,13-16H2,1-2H3,(H2,20,21,22);1H. The van der Waals surface area contributed by atoms with Crippen molar-refractivity contribution in [3.8, 4) is 0 Å². The molecule has 0 radical (unpaired) electrons. The molecule has 8 nitrogen and oxygen atoms in total. The summed E-state index contributed by atoms with van der Waals surface area (Å²) >= 11 is 0. The van der Waals surface area contributed by atoms with Crippen molar-refractivity contribution in [2.45, 2.75) is 32.2 Å². The van der Waals surface area contributed by atoms with Crippen molar-refractivity contribution < 1.29 is 17.6 Å². The first-order valence-corrected chi connectivity index (χ1v) is 12.1. The van der Waals surface area contributed by atoms with Crippen molar-refractivity contribution >= 4 is 39.8 Å². The third kappa shape index (κ3) is 10.7. The SMILES string of the molecule is CCNC(=NCC(c1ccco1)N1CCCCC1)NCCOCCS(C)(=O)=O.I. The second kappa shape index (κ2) is 14.2. The van der Waals surface area contributed by atoms with E-state index in [-0.39, 0.29) is 42.4 Å². The Kier molecular flexibility index (Phi) is 12.8. The van der Waals surface area contributed by atoms with Crippen LogP contribution >= 0.6 is 24.0 Å². The smallest absolute Gasteiger partial charge is 0.191 e. The molecule has 0 aromatic carbocycles. The van der Waals surface area contributed by atoms with Crippen LogP contribution in [-0.4, -0.2) is 77.2 Å². The molecule has 1 aromatic rings. The van der Waals surface area contributed by atoms with Crippen molar-refractivity contribution in [3.63, 3.8) is 0 Å². The summed E-state index contributed by atoms with van der Waals surface area (Å²) in [4.78, 5) is 7.19. The number of nitrogens with zero attached hydrogens (tertiary/aromatic N) is 2. The highest BCUT2D eigenvalue weighted by Gasteiger charge is 2.24. The van der Waals surface area contributed by atoms with Gasteiger partial charge in [-0.2, -0.15) is 0 Å². The molecule has 2 rings (SSSR count). The molecule has 168 valence electrons. The number of hydrogen-bond donors (Lipinski definition) is 2. The molecule has 1 aliphatic heterocycles. The molecule has 1 aliphatic rings. The number of guanidine groups is 1. The Morgan fingerprint density at radius 3 is 2.66 bits per heavy atom. The summed E-state index contributed by atoms with van der Waals surface area (Å²) in [6.45, 7) is 6.72. The van der Waals surface area contributed by atoms with Crippen molar-refractivity contribution in [3.05, 3.63) is 24.2 Å². The molecule has 1 aromatic heterocycles. The number of hydrogen-bond acceptors (Lipinski definition) is 6. The highest BCUT2D eigenvalue weighted by molar-refractivity contribution is 14.0. The van der Waals surface area contributed by atoms with Gasteiger partial charge in [-0.1, -0.05) is 6.42 Å². The monoisotopic (exact) mass is 542 g/mol. The summed E-state index contributed by atoms with van der Waals surface area (Å²) < 4.78 is 33.2. The maximum absolute atomic E-state index is 11.1. The van der Waals surface area contributed by atoms with Gasteiger partial charge in [0.25, 0.3) is 0 Å². The van der Waals surface area contributed by atoms with Gasteiger partial charge in [-0.15, -0.1) is 24.0 Å². The van der Waals surface area contributed by atoms with Crippen LogP contribution in [0.4, 0.5) is 0 Å². The molecular formula is C19H35IN4O4S. The normalized spacial score (nSPS) is 16.8. The van der Waals surface area contributed by atoms with E-state index in [9.17, 15) is 8.42 Å². The molecule has 1 saturated heterocycles. The van der Waals surface area contributed by atoms with E-state index in [1.165, 1.54) is 25.5 Å². The number of ether oxygens (including phenoxy) is 1. The average Bonchev–Trinajstić information content (AvgIpc) is 3.19. The van der Waals surface area contributed by atoms with Gasteiger partial charge in [0.15, 0.2) is 5.96 Å². The minimum Gasteiger partial charge on any atom is -0.468 e. The van der Waals surface area contributed by atoms with Crippen molar-refractivity contribution in [1.29, 1.82) is 0 Å². The van der Waals surface area contributed by atoms with Crippen LogP contribution in [0.2, 0.25) is 0 Å². The molecule has 1 atom stereocenters. The highest BCUT2D eigenvalue weighted by Crippen LogP contribution is 2.25. The maximum atomic E-state index is 11.1. The first-order chi connectivity index (χ1) is 13.5. The summed E-state index contributed by atoms with van der Waals surface area (Å²) in [5, 5.41) is 6.48. The zero-order chi connectivity index (χ0) is 20.2. The van der Waals surface area contributed by atoms with E-state index < -0.39 is 9.84 Å². The van der Waals surface area contributed by atoms with Gasteiger partial charge in [-0.3, -0.25) is 9.89 Å². The molecule has 0 saturated carbocycles. The molecule has 0 amide bonds. The largest absolute Gasteiger partial charge is 0.468 e. The summed E-state index contributed by atoms with van der Waals surface area (Å²) in [5.74, 6) is 1.72. The number of sulfone groups is 1. The number of likely N-dealkylation sites (tertiary alicyclic amines) is 1. The lowest BCUT2D eigenvalue weighted by molar-refractivity contribution is 0.149. The van der Waals surface area contributed by atoms with Crippen molar-refractivity contribution in [2.24, 2.45) is 4.99 Å². The quantitative estimate of drug-likeness (QED) is 0.191. The lowest BCUT2D eigenvalue weighted by atomic mass is 10.1. The van der Waals surface area contributed by atoms with E-state index in [4.69, 9.17) is 14.1 Å². The molecule has 1 fully saturated rings. The molecular weight excluding hydrogens is 507 g/mol. The molecule has 10 heteroatoms. The number of rotatable bonds is 11. The van der Waals surface area contributed by atoms with E-state index in [0.717, 1.165) is 31.4 Å². The Morgan fingerprint density at radius 1 is 1.28 bits per heavy atom. The zero-order valence-corrected chi connectivity index (χ0v) is 20.6. The molecule has 0 spiro atoms. The first-order valence-electron chi connectivity index (χ1n) is 10.0. The molecule has 0 aliphatic carbocycles. The van der Waals surface area contributed by atoms with Crippen LogP contribution in [0.25, 0.3) is 0 Å². The molecule has 1 unspecified atom stereocenters. The predicted molar refractivity (Wildman–Crippen MR) is 127 cm³/mol.